The fourth-order valence-electron chi connectivity index (χ4n) is 5.27. The van der Waals surface area contributed by atoms with E-state index in [0.29, 0.717) is 17.0 Å². The maximum atomic E-state index is 12.2. The van der Waals surface area contributed by atoms with Gasteiger partial charge in [-0.15, -0.1) is 0 Å². The lowest BCUT2D eigenvalue weighted by molar-refractivity contribution is 0.0686. The second kappa shape index (κ2) is 10.0. The number of carboxylic acids is 2. The quantitative estimate of drug-likeness (QED) is 0.399. The van der Waals surface area contributed by atoms with Crippen LogP contribution in [0.25, 0.3) is 22.3 Å². The summed E-state index contributed by atoms with van der Waals surface area (Å²) in [6, 6.07) is 18.5. The van der Waals surface area contributed by atoms with Crippen LogP contribution in [0.4, 0.5) is 0 Å². The van der Waals surface area contributed by atoms with Crippen molar-refractivity contribution in [2.24, 2.45) is 0 Å². The second-order valence-electron chi connectivity index (χ2n) is 8.85. The molecule has 1 aliphatic rings. The van der Waals surface area contributed by atoms with Crippen LogP contribution in [0.2, 0.25) is 0 Å². The zero-order valence-electron chi connectivity index (χ0n) is 19.0. The predicted molar refractivity (Wildman–Crippen MR) is 131 cm³/mol. The van der Waals surface area contributed by atoms with E-state index >= 15 is 0 Å². The largest absolute Gasteiger partial charge is 0.478 e. The van der Waals surface area contributed by atoms with Crippen molar-refractivity contribution in [3.63, 3.8) is 0 Å². The van der Waals surface area contributed by atoms with Crippen LogP contribution < -0.4 is 0 Å². The van der Waals surface area contributed by atoms with Crippen molar-refractivity contribution in [2.75, 3.05) is 0 Å². The zero-order valence-corrected chi connectivity index (χ0v) is 19.0. The van der Waals surface area contributed by atoms with Gasteiger partial charge >= 0.3 is 11.9 Å². The van der Waals surface area contributed by atoms with E-state index in [2.05, 4.69) is 19.1 Å². The van der Waals surface area contributed by atoms with E-state index in [1.54, 1.807) is 24.3 Å². The lowest BCUT2D eigenvalue weighted by Gasteiger charge is -2.28. The lowest BCUT2D eigenvalue weighted by Crippen LogP contribution is -2.11. The van der Waals surface area contributed by atoms with Crippen molar-refractivity contribution in [1.82, 2.24) is 0 Å². The minimum absolute atomic E-state index is 0.240. The van der Waals surface area contributed by atoms with Crippen LogP contribution in [0.3, 0.4) is 0 Å². The molecule has 0 saturated heterocycles. The van der Waals surface area contributed by atoms with Gasteiger partial charge in [-0.2, -0.15) is 0 Å². The topological polar surface area (TPSA) is 74.6 Å². The highest BCUT2D eigenvalue weighted by molar-refractivity contribution is 6.04. The van der Waals surface area contributed by atoms with Crippen molar-refractivity contribution in [3.8, 4) is 22.3 Å². The fraction of sp³-hybridized carbons (Fsp3) is 0.310. The standard InChI is InChI=1S/C29H30O4/c1-2-10-20-17-18-21(19-11-4-3-5-12-19)27(23-14-7-9-16-25(23)29(32)33)26(20)22-13-6-8-15-24(22)28(30)31/h6-9,13-19H,2-5,10-12H2,1H3,(H,30,31)(H,32,33). The van der Waals surface area contributed by atoms with E-state index in [-0.39, 0.29) is 11.1 Å². The number of carboxylic acid groups (broad SMARTS) is 2. The van der Waals surface area contributed by atoms with Gasteiger partial charge in [0.05, 0.1) is 11.1 Å². The summed E-state index contributed by atoms with van der Waals surface area (Å²) in [7, 11) is 0. The smallest absolute Gasteiger partial charge is 0.336 e. The molecule has 33 heavy (non-hydrogen) atoms. The van der Waals surface area contributed by atoms with E-state index in [1.807, 2.05) is 24.3 Å². The number of aryl methyl sites for hydroxylation is 1. The molecule has 1 fully saturated rings. The van der Waals surface area contributed by atoms with E-state index in [4.69, 9.17) is 0 Å². The normalized spacial score (nSPS) is 14.2. The summed E-state index contributed by atoms with van der Waals surface area (Å²) >= 11 is 0. The summed E-state index contributed by atoms with van der Waals surface area (Å²) in [5.74, 6) is -1.62. The van der Waals surface area contributed by atoms with Crippen LogP contribution >= 0.6 is 0 Å². The van der Waals surface area contributed by atoms with Gasteiger partial charge in [0.25, 0.3) is 0 Å². The number of hydrogen-bond acceptors (Lipinski definition) is 2. The van der Waals surface area contributed by atoms with Gasteiger partial charge in [-0.1, -0.05) is 81.1 Å². The zero-order chi connectivity index (χ0) is 23.4. The Kier molecular flexibility index (Phi) is 6.93. The molecule has 3 aromatic rings. The first-order chi connectivity index (χ1) is 16.0. The Morgan fingerprint density at radius 1 is 0.758 bits per heavy atom. The monoisotopic (exact) mass is 442 g/mol. The number of rotatable bonds is 7. The third-order valence-electron chi connectivity index (χ3n) is 6.74. The summed E-state index contributed by atoms with van der Waals surface area (Å²) in [6.45, 7) is 2.10. The maximum Gasteiger partial charge on any atom is 0.336 e. The van der Waals surface area contributed by atoms with Crippen molar-refractivity contribution in [3.05, 3.63) is 82.9 Å². The molecule has 4 nitrogen and oxygen atoms in total. The van der Waals surface area contributed by atoms with Crippen molar-refractivity contribution >= 4 is 11.9 Å². The highest BCUT2D eigenvalue weighted by Gasteiger charge is 2.27. The molecule has 0 amide bonds. The van der Waals surface area contributed by atoms with Crippen LogP contribution in [0.15, 0.2) is 60.7 Å². The fourth-order valence-corrected chi connectivity index (χ4v) is 5.27. The molecule has 1 aliphatic carbocycles. The summed E-state index contributed by atoms with van der Waals surface area (Å²) in [4.78, 5) is 24.4. The van der Waals surface area contributed by atoms with Crippen molar-refractivity contribution in [1.29, 1.82) is 0 Å². The average molecular weight is 443 g/mol. The second-order valence-corrected chi connectivity index (χ2v) is 8.85. The van der Waals surface area contributed by atoms with Crippen LogP contribution in [-0.4, -0.2) is 22.2 Å². The van der Waals surface area contributed by atoms with Crippen molar-refractivity contribution < 1.29 is 19.8 Å². The van der Waals surface area contributed by atoms with E-state index in [1.165, 1.54) is 6.42 Å². The molecular weight excluding hydrogens is 412 g/mol. The van der Waals surface area contributed by atoms with Gasteiger partial charge in [0.1, 0.15) is 0 Å². The highest BCUT2D eigenvalue weighted by Crippen LogP contribution is 2.46. The molecule has 0 aromatic heterocycles. The average Bonchev–Trinajstić information content (AvgIpc) is 2.84. The van der Waals surface area contributed by atoms with E-state index < -0.39 is 11.9 Å². The Morgan fingerprint density at radius 3 is 1.85 bits per heavy atom. The van der Waals surface area contributed by atoms with Crippen LogP contribution in [0.1, 0.15) is 83.2 Å². The van der Waals surface area contributed by atoms with Crippen LogP contribution in [0.5, 0.6) is 0 Å². The third-order valence-corrected chi connectivity index (χ3v) is 6.74. The van der Waals surface area contributed by atoms with Gasteiger partial charge in [0, 0.05) is 0 Å². The summed E-state index contributed by atoms with van der Waals surface area (Å²) in [5, 5.41) is 20.0. The molecule has 0 bridgehead atoms. The van der Waals surface area contributed by atoms with Gasteiger partial charge in [-0.05, 0) is 70.7 Å². The molecule has 0 unspecified atom stereocenters. The number of carbonyl (C=O) groups is 2. The molecule has 0 aliphatic heterocycles. The van der Waals surface area contributed by atoms with Crippen LogP contribution in [-0.2, 0) is 6.42 Å². The third kappa shape index (κ3) is 4.56. The lowest BCUT2D eigenvalue weighted by atomic mass is 9.76. The Labute approximate surface area is 194 Å². The molecule has 1 saturated carbocycles. The molecule has 4 rings (SSSR count). The van der Waals surface area contributed by atoms with Crippen molar-refractivity contribution in [2.45, 2.75) is 57.8 Å². The molecule has 0 heterocycles. The number of aromatic carboxylic acids is 2. The summed E-state index contributed by atoms with van der Waals surface area (Å²) in [6.07, 6.45) is 7.36. The number of benzene rings is 3. The number of hydrogen-bond donors (Lipinski definition) is 2. The molecular formula is C29H30O4. The van der Waals surface area contributed by atoms with E-state index in [0.717, 1.165) is 60.8 Å². The predicted octanol–water partition coefficient (Wildman–Crippen LogP) is 7.42. The SMILES string of the molecule is CCCc1ccc(C2CCCCC2)c(-c2ccccc2C(=O)O)c1-c1ccccc1C(=O)O. The Hall–Kier alpha value is -3.40. The molecule has 3 aromatic carbocycles. The first-order valence-electron chi connectivity index (χ1n) is 11.8. The minimum atomic E-state index is -0.978. The van der Waals surface area contributed by atoms with Gasteiger partial charge in [-0.25, -0.2) is 9.59 Å². The molecule has 0 spiro atoms. The first kappa shape index (κ1) is 22.8. The Morgan fingerprint density at radius 2 is 1.30 bits per heavy atom. The Bertz CT molecular complexity index is 1170. The minimum Gasteiger partial charge on any atom is -0.478 e. The van der Waals surface area contributed by atoms with Gasteiger partial charge < -0.3 is 10.2 Å². The van der Waals surface area contributed by atoms with Gasteiger partial charge in [-0.3, -0.25) is 0 Å². The first-order valence-corrected chi connectivity index (χ1v) is 11.8. The molecule has 2 N–H and O–H groups in total. The molecule has 170 valence electrons. The van der Waals surface area contributed by atoms with Crippen LogP contribution in [0, 0.1) is 0 Å². The van der Waals surface area contributed by atoms with E-state index in [9.17, 15) is 19.8 Å². The molecule has 0 radical (unpaired) electrons. The molecule has 0 atom stereocenters. The van der Waals surface area contributed by atoms with Gasteiger partial charge in [0.15, 0.2) is 0 Å². The van der Waals surface area contributed by atoms with Gasteiger partial charge in [0.2, 0.25) is 0 Å². The summed E-state index contributed by atoms with van der Waals surface area (Å²) < 4.78 is 0. The molecule has 4 heteroatoms. The summed E-state index contributed by atoms with van der Waals surface area (Å²) in [5.41, 5.74) is 5.76. The maximum absolute atomic E-state index is 12.2. The Balaban J connectivity index is 2.12. The highest BCUT2D eigenvalue weighted by atomic mass is 16.4.